The quantitative estimate of drug-likeness (QED) is 0.304. The summed E-state index contributed by atoms with van der Waals surface area (Å²) >= 11 is 5.95. The number of rotatable bonds is 6. The van der Waals surface area contributed by atoms with Gasteiger partial charge in [-0.1, -0.05) is 41.0 Å². The molecule has 0 radical (unpaired) electrons. The van der Waals surface area contributed by atoms with Gasteiger partial charge in [0.05, 0.1) is 23.4 Å². The normalized spacial score (nSPS) is 17.2. The number of ether oxygens (including phenoxy) is 1. The molecule has 44 heavy (non-hydrogen) atoms. The Labute approximate surface area is 256 Å². The molecule has 0 fully saturated rings. The number of fused-ring (bicyclic) bond motifs is 1. The lowest BCUT2D eigenvalue weighted by atomic mass is 9.86. The van der Waals surface area contributed by atoms with Gasteiger partial charge < -0.3 is 19.8 Å². The molecule has 1 aromatic heterocycles. The first kappa shape index (κ1) is 28.9. The number of carbonyl (C=O) groups excluding carboxylic acids is 3. The number of aromatic nitrogens is 2. The van der Waals surface area contributed by atoms with Crippen LogP contribution in [0.2, 0.25) is 5.02 Å². The van der Waals surface area contributed by atoms with Gasteiger partial charge in [0, 0.05) is 42.2 Å². The third-order valence-electron chi connectivity index (χ3n) is 7.60. The Bertz CT molecular complexity index is 1780. The Morgan fingerprint density at radius 2 is 1.75 bits per heavy atom. The van der Waals surface area contributed by atoms with Gasteiger partial charge in [-0.2, -0.15) is 0 Å². The third kappa shape index (κ3) is 5.49. The van der Waals surface area contributed by atoms with Crippen molar-refractivity contribution in [1.82, 2.24) is 14.9 Å². The Balaban J connectivity index is 1.32. The molecule has 222 valence electrons. The number of hydrogen-bond donors (Lipinski definition) is 1. The van der Waals surface area contributed by atoms with Crippen LogP contribution in [0.15, 0.2) is 84.5 Å². The summed E-state index contributed by atoms with van der Waals surface area (Å²) in [6.07, 6.45) is 4.22. The molecular weight excluding hydrogens is 589 g/mol. The van der Waals surface area contributed by atoms with E-state index in [-0.39, 0.29) is 29.3 Å². The molecule has 0 spiro atoms. The highest BCUT2D eigenvalue weighted by Crippen LogP contribution is 2.38. The summed E-state index contributed by atoms with van der Waals surface area (Å²) in [5.74, 6) is -2.09. The van der Waals surface area contributed by atoms with Gasteiger partial charge in [0.1, 0.15) is 12.4 Å². The number of nitrogens with zero attached hydrogens (tertiary/aromatic N) is 4. The fourth-order valence-corrected chi connectivity index (χ4v) is 5.67. The fraction of sp³-hybridized carbons (Fsp3) is 0.188. The van der Waals surface area contributed by atoms with E-state index >= 15 is 0 Å². The number of esters is 1. The van der Waals surface area contributed by atoms with Gasteiger partial charge in [0.25, 0.3) is 11.8 Å². The van der Waals surface area contributed by atoms with Crippen LogP contribution in [0.5, 0.6) is 0 Å². The van der Waals surface area contributed by atoms with E-state index in [4.69, 9.17) is 21.2 Å². The van der Waals surface area contributed by atoms with E-state index in [0.29, 0.717) is 23.2 Å². The van der Waals surface area contributed by atoms with Gasteiger partial charge in [-0.15, -0.1) is 0 Å². The molecule has 12 heteroatoms. The maximum Gasteiger partial charge on any atom is 0.337 e. The van der Waals surface area contributed by atoms with E-state index in [0.717, 1.165) is 16.7 Å². The van der Waals surface area contributed by atoms with Crippen molar-refractivity contribution in [1.29, 1.82) is 0 Å². The molecule has 4 aromatic rings. The van der Waals surface area contributed by atoms with Gasteiger partial charge >= 0.3 is 5.97 Å². The number of benzene rings is 3. The lowest BCUT2D eigenvalue weighted by Crippen LogP contribution is -2.49. The second kappa shape index (κ2) is 12.2. The van der Waals surface area contributed by atoms with Crippen LogP contribution in [-0.4, -0.2) is 58.1 Å². The number of anilines is 1. The van der Waals surface area contributed by atoms with Crippen molar-refractivity contribution in [3.05, 3.63) is 112 Å². The van der Waals surface area contributed by atoms with Crippen LogP contribution in [0, 0.1) is 5.82 Å². The van der Waals surface area contributed by atoms with Gasteiger partial charge in [-0.05, 0) is 59.5 Å². The second-order valence-corrected chi connectivity index (χ2v) is 10.6. The molecule has 0 saturated heterocycles. The maximum absolute atomic E-state index is 14.7. The third-order valence-corrected chi connectivity index (χ3v) is 7.90. The molecule has 3 aromatic carbocycles. The Morgan fingerprint density at radius 3 is 2.50 bits per heavy atom. The van der Waals surface area contributed by atoms with E-state index in [1.54, 1.807) is 30.6 Å². The highest BCUT2D eigenvalue weighted by Gasteiger charge is 2.42. The number of nitrogens with one attached hydrogen (secondary N) is 1. The van der Waals surface area contributed by atoms with E-state index < -0.39 is 35.7 Å². The molecule has 1 N–H and O–H groups in total. The van der Waals surface area contributed by atoms with Crippen molar-refractivity contribution in [3.63, 3.8) is 0 Å². The minimum atomic E-state index is -1.06. The summed E-state index contributed by atoms with van der Waals surface area (Å²) in [4.78, 5) is 55.1. The summed E-state index contributed by atoms with van der Waals surface area (Å²) in [6, 6.07) is 15.3. The van der Waals surface area contributed by atoms with E-state index in [9.17, 15) is 18.8 Å². The Hall–Kier alpha value is -5.16. The first-order valence-electron chi connectivity index (χ1n) is 13.7. The number of oxime groups is 1. The first-order chi connectivity index (χ1) is 21.4. The molecule has 0 aliphatic carbocycles. The van der Waals surface area contributed by atoms with Crippen LogP contribution in [0.25, 0.3) is 11.1 Å². The van der Waals surface area contributed by atoms with Crippen LogP contribution in [0.1, 0.15) is 39.5 Å². The lowest BCUT2D eigenvalue weighted by molar-refractivity contribution is -0.148. The zero-order valence-electron chi connectivity index (χ0n) is 23.4. The van der Waals surface area contributed by atoms with Crippen molar-refractivity contribution >= 4 is 40.8 Å². The standard InChI is InChI=1S/C32H25ClFN5O5/c1-43-32(42)18-8-10-20(11-9-18)37-30(40)29-23-5-2-4-21(19-15-35-17-36-16-19)22(23)12-13-39(29)31(41)27-14-26(38-44-27)24-6-3-7-25(33)28(24)34/h2-11,15-17,27,29H,12-14H2,1H3,(H,37,40)/t27?,29-/m0/s1. The Morgan fingerprint density at radius 1 is 1.02 bits per heavy atom. The van der Waals surface area contributed by atoms with Crippen molar-refractivity contribution in [2.75, 3.05) is 19.0 Å². The van der Waals surface area contributed by atoms with Gasteiger partial charge in [0.2, 0.25) is 6.10 Å². The monoisotopic (exact) mass is 613 g/mol. The molecule has 1 unspecified atom stereocenters. The van der Waals surface area contributed by atoms with Crippen LogP contribution in [0.4, 0.5) is 10.1 Å². The number of hydrogen-bond acceptors (Lipinski definition) is 8. The SMILES string of the molecule is COC(=O)c1ccc(NC(=O)[C@@H]2c3cccc(-c4cncnc4)c3CCN2C(=O)C2CC(c3cccc(Cl)c3F)=NO2)cc1. The zero-order chi connectivity index (χ0) is 30.8. The summed E-state index contributed by atoms with van der Waals surface area (Å²) in [6.45, 7) is 0.205. The topological polar surface area (TPSA) is 123 Å². The minimum Gasteiger partial charge on any atom is -0.465 e. The average Bonchev–Trinajstić information content (AvgIpc) is 3.55. The summed E-state index contributed by atoms with van der Waals surface area (Å²) in [7, 11) is 1.29. The summed E-state index contributed by atoms with van der Waals surface area (Å²) < 4.78 is 19.4. The smallest absolute Gasteiger partial charge is 0.337 e. The summed E-state index contributed by atoms with van der Waals surface area (Å²) in [5.41, 5.74) is 4.30. The van der Waals surface area contributed by atoms with Crippen LogP contribution < -0.4 is 5.32 Å². The maximum atomic E-state index is 14.7. The van der Waals surface area contributed by atoms with E-state index in [1.807, 2.05) is 18.2 Å². The fourth-order valence-electron chi connectivity index (χ4n) is 5.50. The average molecular weight is 614 g/mol. The van der Waals surface area contributed by atoms with Crippen LogP contribution in [-0.2, 0) is 25.6 Å². The molecule has 10 nitrogen and oxygen atoms in total. The van der Waals surface area contributed by atoms with Gasteiger partial charge in [-0.3, -0.25) is 9.59 Å². The van der Waals surface area contributed by atoms with Crippen molar-refractivity contribution in [2.24, 2.45) is 5.16 Å². The number of methoxy groups -OCH3 is 1. The molecule has 3 heterocycles. The first-order valence-corrected chi connectivity index (χ1v) is 14.1. The molecule has 2 amide bonds. The molecule has 6 rings (SSSR count). The Kier molecular flexibility index (Phi) is 8.03. The van der Waals surface area contributed by atoms with Crippen LogP contribution in [0.3, 0.4) is 0 Å². The van der Waals surface area contributed by atoms with Crippen molar-refractivity contribution in [3.8, 4) is 11.1 Å². The highest BCUT2D eigenvalue weighted by atomic mass is 35.5. The molecule has 2 atom stereocenters. The largest absolute Gasteiger partial charge is 0.465 e. The predicted octanol–water partition coefficient (Wildman–Crippen LogP) is 4.98. The van der Waals surface area contributed by atoms with Crippen LogP contribution >= 0.6 is 11.6 Å². The molecular formula is C32H25ClFN5O5. The second-order valence-electron chi connectivity index (χ2n) is 10.2. The predicted molar refractivity (Wildman–Crippen MR) is 159 cm³/mol. The number of amides is 2. The molecule has 2 aliphatic heterocycles. The number of halogens is 2. The van der Waals surface area contributed by atoms with E-state index in [2.05, 4.69) is 20.4 Å². The molecule has 0 saturated carbocycles. The summed E-state index contributed by atoms with van der Waals surface area (Å²) in [5, 5.41) is 6.80. The molecule has 2 aliphatic rings. The molecule has 0 bridgehead atoms. The minimum absolute atomic E-state index is 0.00414. The zero-order valence-corrected chi connectivity index (χ0v) is 24.1. The highest BCUT2D eigenvalue weighted by molar-refractivity contribution is 6.31. The van der Waals surface area contributed by atoms with Gasteiger partial charge in [-0.25, -0.2) is 19.2 Å². The number of carbonyl (C=O) groups is 3. The van der Waals surface area contributed by atoms with Crippen molar-refractivity contribution in [2.45, 2.75) is 25.0 Å². The lowest BCUT2D eigenvalue weighted by Gasteiger charge is -2.38. The van der Waals surface area contributed by atoms with Crippen molar-refractivity contribution < 1.29 is 28.3 Å². The van der Waals surface area contributed by atoms with Gasteiger partial charge in [0.15, 0.2) is 5.82 Å². The van der Waals surface area contributed by atoms with E-state index in [1.165, 1.54) is 42.6 Å².